The number of esters is 1. The molecule has 1 aromatic rings. The summed E-state index contributed by atoms with van der Waals surface area (Å²) >= 11 is 11.7. The van der Waals surface area contributed by atoms with Gasteiger partial charge in [-0.25, -0.2) is 0 Å². The fourth-order valence-electron chi connectivity index (χ4n) is 1.43. The highest BCUT2D eigenvalue weighted by molar-refractivity contribution is 6.42. The lowest BCUT2D eigenvalue weighted by molar-refractivity contribution is -0.143. The van der Waals surface area contributed by atoms with Gasteiger partial charge in [0.15, 0.2) is 0 Å². The molecule has 7 heteroatoms. The smallest absolute Gasteiger partial charge is 0.325 e. The predicted molar refractivity (Wildman–Crippen MR) is 79.2 cm³/mol. The van der Waals surface area contributed by atoms with E-state index in [4.69, 9.17) is 27.9 Å². The Morgan fingerprint density at radius 2 is 2.00 bits per heavy atom. The molecule has 2 N–H and O–H groups in total. The molecule has 0 fully saturated rings. The van der Waals surface area contributed by atoms with Gasteiger partial charge in [0.2, 0.25) is 5.91 Å². The Bertz CT molecular complexity index is 495. The van der Waals surface area contributed by atoms with E-state index < -0.39 is 12.0 Å². The van der Waals surface area contributed by atoms with Crippen LogP contribution in [0.25, 0.3) is 0 Å². The first-order valence-electron chi connectivity index (χ1n) is 6.09. The topological polar surface area (TPSA) is 67.4 Å². The Balaban J connectivity index is 2.48. The molecule has 20 heavy (non-hydrogen) atoms. The summed E-state index contributed by atoms with van der Waals surface area (Å²) < 4.78 is 4.71. The van der Waals surface area contributed by atoms with Crippen molar-refractivity contribution in [1.82, 2.24) is 5.32 Å². The summed E-state index contributed by atoms with van der Waals surface area (Å²) in [7, 11) is 0. The van der Waals surface area contributed by atoms with Crippen LogP contribution in [0.5, 0.6) is 0 Å². The number of amides is 1. The third-order valence-corrected chi connectivity index (χ3v) is 3.15. The molecule has 0 aliphatic carbocycles. The normalized spacial score (nSPS) is 11.6. The van der Waals surface area contributed by atoms with Crippen LogP contribution >= 0.6 is 23.2 Å². The van der Waals surface area contributed by atoms with E-state index in [1.54, 1.807) is 32.0 Å². The molecule has 0 aliphatic rings. The molecule has 0 aromatic heterocycles. The molecule has 0 heterocycles. The summed E-state index contributed by atoms with van der Waals surface area (Å²) in [6.07, 6.45) is 0. The zero-order chi connectivity index (χ0) is 15.1. The number of hydrogen-bond donors (Lipinski definition) is 2. The molecular weight excluding hydrogens is 303 g/mol. The van der Waals surface area contributed by atoms with Crippen LogP contribution in [0, 0.1) is 0 Å². The van der Waals surface area contributed by atoms with Crippen molar-refractivity contribution >= 4 is 40.8 Å². The lowest BCUT2D eigenvalue weighted by atomic mass is 10.2. The van der Waals surface area contributed by atoms with Gasteiger partial charge in [0.1, 0.15) is 12.6 Å². The standard InChI is InChI=1S/C13H16Cl2N2O3/c1-3-20-12(18)7-16-13(19)8(2)17-9-4-5-10(14)11(15)6-9/h4-6,8,17H,3,7H2,1-2H3,(H,16,19). The zero-order valence-electron chi connectivity index (χ0n) is 11.2. The van der Waals surface area contributed by atoms with Crippen molar-refractivity contribution in [3.63, 3.8) is 0 Å². The van der Waals surface area contributed by atoms with Gasteiger partial charge < -0.3 is 15.4 Å². The largest absolute Gasteiger partial charge is 0.465 e. The number of nitrogens with one attached hydrogen (secondary N) is 2. The van der Waals surface area contributed by atoms with Gasteiger partial charge in [0.25, 0.3) is 0 Å². The van der Waals surface area contributed by atoms with Gasteiger partial charge in [-0.15, -0.1) is 0 Å². The monoisotopic (exact) mass is 318 g/mol. The van der Waals surface area contributed by atoms with Crippen LogP contribution in [-0.4, -0.2) is 31.1 Å². The lowest BCUT2D eigenvalue weighted by Crippen LogP contribution is -2.40. The van der Waals surface area contributed by atoms with Crippen molar-refractivity contribution in [2.24, 2.45) is 0 Å². The van der Waals surface area contributed by atoms with Crippen LogP contribution < -0.4 is 10.6 Å². The van der Waals surface area contributed by atoms with Crippen molar-refractivity contribution in [2.45, 2.75) is 19.9 Å². The molecule has 1 atom stereocenters. The molecule has 1 aromatic carbocycles. The molecule has 110 valence electrons. The van der Waals surface area contributed by atoms with Crippen molar-refractivity contribution in [3.05, 3.63) is 28.2 Å². The SMILES string of the molecule is CCOC(=O)CNC(=O)C(C)Nc1ccc(Cl)c(Cl)c1. The van der Waals surface area contributed by atoms with Crippen molar-refractivity contribution in [2.75, 3.05) is 18.5 Å². The summed E-state index contributed by atoms with van der Waals surface area (Å²) in [5.74, 6) is -0.785. The molecule has 1 rings (SSSR count). The number of rotatable bonds is 6. The van der Waals surface area contributed by atoms with Gasteiger partial charge >= 0.3 is 5.97 Å². The summed E-state index contributed by atoms with van der Waals surface area (Å²) in [5.41, 5.74) is 0.665. The van der Waals surface area contributed by atoms with Crippen LogP contribution in [0.15, 0.2) is 18.2 Å². The minimum absolute atomic E-state index is 0.153. The first-order valence-corrected chi connectivity index (χ1v) is 6.84. The second kappa shape index (κ2) is 7.97. The van der Waals surface area contributed by atoms with Crippen LogP contribution in [-0.2, 0) is 14.3 Å². The fourth-order valence-corrected chi connectivity index (χ4v) is 1.72. The van der Waals surface area contributed by atoms with Gasteiger partial charge in [0, 0.05) is 5.69 Å². The molecule has 0 spiro atoms. The maximum Gasteiger partial charge on any atom is 0.325 e. The molecule has 1 amide bonds. The van der Waals surface area contributed by atoms with E-state index >= 15 is 0 Å². The zero-order valence-corrected chi connectivity index (χ0v) is 12.7. The number of benzene rings is 1. The molecular formula is C13H16Cl2N2O3. The van der Waals surface area contributed by atoms with E-state index in [-0.39, 0.29) is 19.1 Å². The van der Waals surface area contributed by atoms with Crippen molar-refractivity contribution in [1.29, 1.82) is 0 Å². The molecule has 0 radical (unpaired) electrons. The number of carbonyl (C=O) groups is 2. The van der Waals surface area contributed by atoms with Gasteiger partial charge in [-0.05, 0) is 32.0 Å². The maximum absolute atomic E-state index is 11.8. The van der Waals surface area contributed by atoms with Crippen LogP contribution in [0.3, 0.4) is 0 Å². The quantitative estimate of drug-likeness (QED) is 0.791. The average molecular weight is 319 g/mol. The number of halogens is 2. The van der Waals surface area contributed by atoms with Crippen molar-refractivity contribution < 1.29 is 14.3 Å². The molecule has 0 saturated carbocycles. The van der Waals surface area contributed by atoms with E-state index in [2.05, 4.69) is 10.6 Å². The number of ether oxygens (including phenoxy) is 1. The molecule has 0 aliphatic heterocycles. The van der Waals surface area contributed by atoms with Gasteiger partial charge in [-0.1, -0.05) is 23.2 Å². The summed E-state index contributed by atoms with van der Waals surface area (Å²) in [6.45, 7) is 3.50. The predicted octanol–water partition coefficient (Wildman–Crippen LogP) is 2.47. The minimum Gasteiger partial charge on any atom is -0.465 e. The Morgan fingerprint density at radius 1 is 1.30 bits per heavy atom. The summed E-state index contributed by atoms with van der Waals surface area (Å²) in [4.78, 5) is 22.9. The minimum atomic E-state index is -0.526. The van der Waals surface area contributed by atoms with E-state index in [1.165, 1.54) is 0 Å². The Labute approximate surface area is 127 Å². The van der Waals surface area contributed by atoms with Crippen LogP contribution in [0.2, 0.25) is 10.0 Å². The third kappa shape index (κ3) is 5.27. The maximum atomic E-state index is 11.8. The third-order valence-electron chi connectivity index (χ3n) is 2.41. The first kappa shape index (κ1) is 16.6. The molecule has 1 unspecified atom stereocenters. The summed E-state index contributed by atoms with van der Waals surface area (Å²) in [5, 5.41) is 6.28. The Kier molecular flexibility index (Phi) is 6.61. The van der Waals surface area contributed by atoms with Gasteiger partial charge in [-0.2, -0.15) is 0 Å². The Morgan fingerprint density at radius 3 is 2.60 bits per heavy atom. The number of carbonyl (C=O) groups excluding carboxylic acids is 2. The first-order chi connectivity index (χ1) is 9.43. The van der Waals surface area contributed by atoms with Gasteiger partial charge in [-0.3, -0.25) is 9.59 Å². The average Bonchev–Trinajstić information content (AvgIpc) is 2.40. The van der Waals surface area contributed by atoms with E-state index in [0.29, 0.717) is 15.7 Å². The van der Waals surface area contributed by atoms with E-state index in [0.717, 1.165) is 0 Å². The van der Waals surface area contributed by atoms with E-state index in [1.807, 2.05) is 0 Å². The Hall–Kier alpha value is -1.46. The van der Waals surface area contributed by atoms with Crippen LogP contribution in [0.1, 0.15) is 13.8 Å². The second-order valence-corrected chi connectivity index (χ2v) is 4.83. The number of hydrogen-bond acceptors (Lipinski definition) is 4. The highest BCUT2D eigenvalue weighted by Crippen LogP contribution is 2.25. The second-order valence-electron chi connectivity index (χ2n) is 4.02. The molecule has 5 nitrogen and oxygen atoms in total. The highest BCUT2D eigenvalue weighted by atomic mass is 35.5. The van der Waals surface area contributed by atoms with Crippen molar-refractivity contribution in [3.8, 4) is 0 Å². The van der Waals surface area contributed by atoms with Crippen LogP contribution in [0.4, 0.5) is 5.69 Å². The lowest BCUT2D eigenvalue weighted by Gasteiger charge is -2.15. The number of anilines is 1. The van der Waals surface area contributed by atoms with E-state index in [9.17, 15) is 9.59 Å². The highest BCUT2D eigenvalue weighted by Gasteiger charge is 2.14. The molecule has 0 bridgehead atoms. The molecule has 0 saturated heterocycles. The fraction of sp³-hybridized carbons (Fsp3) is 0.385. The summed E-state index contributed by atoms with van der Waals surface area (Å²) in [6, 6.07) is 4.44. The van der Waals surface area contributed by atoms with Gasteiger partial charge in [0.05, 0.1) is 16.7 Å².